The second-order valence-corrected chi connectivity index (χ2v) is 8.25. The zero-order valence-corrected chi connectivity index (χ0v) is 18.3. The second kappa shape index (κ2) is 9.45. The van der Waals surface area contributed by atoms with E-state index < -0.39 is 0 Å². The van der Waals surface area contributed by atoms with Gasteiger partial charge in [0.1, 0.15) is 5.75 Å². The molecule has 5 nitrogen and oxygen atoms in total. The van der Waals surface area contributed by atoms with Gasteiger partial charge in [-0.15, -0.1) is 0 Å². The molecule has 1 saturated heterocycles. The molecule has 1 fully saturated rings. The molecule has 3 aromatic carbocycles. The predicted molar refractivity (Wildman–Crippen MR) is 126 cm³/mol. The van der Waals surface area contributed by atoms with Gasteiger partial charge in [0.2, 0.25) is 6.79 Å². The Morgan fingerprint density at radius 3 is 2.50 bits per heavy atom. The third-order valence-corrected chi connectivity index (χ3v) is 6.22. The molecule has 164 valence electrons. The maximum absolute atomic E-state index is 5.49. The summed E-state index contributed by atoms with van der Waals surface area (Å²) in [5.41, 5.74) is 3.62. The molecule has 1 atom stereocenters. The van der Waals surface area contributed by atoms with Crippen molar-refractivity contribution in [2.24, 2.45) is 4.99 Å². The molecule has 32 heavy (non-hydrogen) atoms. The van der Waals surface area contributed by atoms with E-state index in [1.807, 2.05) is 30.5 Å². The SMILES string of the molecule is COc1cccc(C(c2ccccc2)N2CCC(N=Cc3ccc4c(c3)OCO4)CC2)c1. The summed E-state index contributed by atoms with van der Waals surface area (Å²) >= 11 is 0. The second-order valence-electron chi connectivity index (χ2n) is 8.25. The molecule has 5 heteroatoms. The monoisotopic (exact) mass is 428 g/mol. The van der Waals surface area contributed by atoms with E-state index >= 15 is 0 Å². The fraction of sp³-hybridized carbons (Fsp3) is 0.296. The molecule has 0 saturated carbocycles. The zero-order chi connectivity index (χ0) is 21.8. The Kier molecular flexibility index (Phi) is 6.08. The average molecular weight is 429 g/mol. The minimum atomic E-state index is 0.213. The lowest BCUT2D eigenvalue weighted by Crippen LogP contribution is -2.38. The fourth-order valence-corrected chi connectivity index (χ4v) is 4.54. The number of nitrogens with zero attached hydrogens (tertiary/aromatic N) is 2. The Hall–Kier alpha value is -3.31. The summed E-state index contributed by atoms with van der Waals surface area (Å²) in [4.78, 5) is 7.44. The van der Waals surface area contributed by atoms with E-state index in [1.165, 1.54) is 11.1 Å². The van der Waals surface area contributed by atoms with Gasteiger partial charge >= 0.3 is 0 Å². The highest BCUT2D eigenvalue weighted by Crippen LogP contribution is 2.34. The highest BCUT2D eigenvalue weighted by molar-refractivity contribution is 5.81. The Balaban J connectivity index is 1.29. The number of fused-ring (bicyclic) bond motifs is 1. The van der Waals surface area contributed by atoms with Crippen LogP contribution < -0.4 is 14.2 Å². The first-order valence-corrected chi connectivity index (χ1v) is 11.2. The Morgan fingerprint density at radius 2 is 1.69 bits per heavy atom. The van der Waals surface area contributed by atoms with Crippen molar-refractivity contribution in [2.75, 3.05) is 27.0 Å². The van der Waals surface area contributed by atoms with Gasteiger partial charge in [0, 0.05) is 19.3 Å². The Labute approximate surface area is 189 Å². The van der Waals surface area contributed by atoms with Gasteiger partial charge in [0.05, 0.1) is 19.2 Å². The fourth-order valence-electron chi connectivity index (χ4n) is 4.54. The summed E-state index contributed by atoms with van der Waals surface area (Å²) in [6.45, 7) is 2.30. The summed E-state index contributed by atoms with van der Waals surface area (Å²) < 4.78 is 16.4. The van der Waals surface area contributed by atoms with Crippen molar-refractivity contribution in [1.82, 2.24) is 4.90 Å². The molecule has 0 N–H and O–H groups in total. The maximum atomic E-state index is 5.49. The number of likely N-dealkylation sites (tertiary alicyclic amines) is 1. The first-order chi connectivity index (χ1) is 15.8. The largest absolute Gasteiger partial charge is 0.497 e. The van der Waals surface area contributed by atoms with Crippen LogP contribution in [0.5, 0.6) is 17.2 Å². The van der Waals surface area contributed by atoms with Crippen LogP contribution in [-0.4, -0.2) is 44.1 Å². The smallest absolute Gasteiger partial charge is 0.231 e. The molecular weight excluding hydrogens is 400 g/mol. The van der Waals surface area contributed by atoms with Crippen LogP contribution in [0.2, 0.25) is 0 Å². The third kappa shape index (κ3) is 4.48. The zero-order valence-electron chi connectivity index (χ0n) is 18.3. The normalized spacial score (nSPS) is 17.5. The molecule has 2 aliphatic heterocycles. The number of rotatable bonds is 6. The molecule has 5 rings (SSSR count). The molecule has 2 aliphatic rings. The Morgan fingerprint density at radius 1 is 0.906 bits per heavy atom. The predicted octanol–water partition coefficient (Wildman–Crippen LogP) is 5.10. The van der Waals surface area contributed by atoms with Gasteiger partial charge in [-0.2, -0.15) is 0 Å². The van der Waals surface area contributed by atoms with Gasteiger partial charge < -0.3 is 14.2 Å². The first-order valence-electron chi connectivity index (χ1n) is 11.2. The highest BCUT2D eigenvalue weighted by Gasteiger charge is 2.27. The number of hydrogen-bond donors (Lipinski definition) is 0. The molecule has 0 aromatic heterocycles. The molecule has 2 heterocycles. The van der Waals surface area contributed by atoms with E-state index in [9.17, 15) is 0 Å². The molecule has 0 radical (unpaired) electrons. The van der Waals surface area contributed by atoms with Crippen LogP contribution >= 0.6 is 0 Å². The topological polar surface area (TPSA) is 43.3 Å². The summed E-state index contributed by atoms with van der Waals surface area (Å²) in [7, 11) is 1.72. The van der Waals surface area contributed by atoms with Crippen molar-refractivity contribution in [1.29, 1.82) is 0 Å². The van der Waals surface area contributed by atoms with Crippen LogP contribution in [-0.2, 0) is 0 Å². The van der Waals surface area contributed by atoms with Crippen LogP contribution in [0, 0.1) is 0 Å². The summed E-state index contributed by atoms with van der Waals surface area (Å²) in [5.74, 6) is 2.50. The van der Waals surface area contributed by atoms with Crippen molar-refractivity contribution in [3.63, 3.8) is 0 Å². The van der Waals surface area contributed by atoms with Crippen molar-refractivity contribution >= 4 is 6.21 Å². The summed E-state index contributed by atoms with van der Waals surface area (Å²) in [6.07, 6.45) is 4.04. The van der Waals surface area contributed by atoms with Crippen LogP contribution in [0.25, 0.3) is 0 Å². The van der Waals surface area contributed by atoms with Crippen LogP contribution in [0.1, 0.15) is 35.6 Å². The number of hydrogen-bond acceptors (Lipinski definition) is 5. The van der Waals surface area contributed by atoms with E-state index in [2.05, 4.69) is 53.4 Å². The van der Waals surface area contributed by atoms with E-state index in [-0.39, 0.29) is 6.04 Å². The number of ether oxygens (including phenoxy) is 3. The first kappa shape index (κ1) is 20.6. The minimum Gasteiger partial charge on any atom is -0.497 e. The molecule has 1 unspecified atom stereocenters. The third-order valence-electron chi connectivity index (χ3n) is 6.22. The number of methoxy groups -OCH3 is 1. The van der Waals surface area contributed by atoms with E-state index in [0.717, 1.165) is 48.7 Å². The van der Waals surface area contributed by atoms with Gasteiger partial charge in [0.15, 0.2) is 11.5 Å². The molecule has 3 aromatic rings. The average Bonchev–Trinajstić information content (AvgIpc) is 3.33. The number of piperidine rings is 1. The van der Waals surface area contributed by atoms with Gasteiger partial charge in [-0.25, -0.2) is 0 Å². The maximum Gasteiger partial charge on any atom is 0.231 e. The summed E-state index contributed by atoms with van der Waals surface area (Å²) in [6, 6.07) is 25.7. The minimum absolute atomic E-state index is 0.213. The lowest BCUT2D eigenvalue weighted by atomic mass is 9.94. The lowest BCUT2D eigenvalue weighted by Gasteiger charge is -2.37. The van der Waals surface area contributed by atoms with Gasteiger partial charge in [-0.05, 0) is 59.9 Å². The van der Waals surface area contributed by atoms with Crippen LogP contribution in [0.4, 0.5) is 0 Å². The molecule has 0 spiro atoms. The van der Waals surface area contributed by atoms with Crippen molar-refractivity contribution in [3.05, 3.63) is 89.5 Å². The van der Waals surface area contributed by atoms with Crippen molar-refractivity contribution in [2.45, 2.75) is 24.9 Å². The summed E-state index contributed by atoms with van der Waals surface area (Å²) in [5, 5.41) is 0. The number of benzene rings is 3. The van der Waals surface area contributed by atoms with E-state index in [4.69, 9.17) is 19.2 Å². The van der Waals surface area contributed by atoms with Gasteiger partial charge in [0.25, 0.3) is 0 Å². The van der Waals surface area contributed by atoms with E-state index in [1.54, 1.807) is 7.11 Å². The van der Waals surface area contributed by atoms with Crippen molar-refractivity contribution < 1.29 is 14.2 Å². The molecule has 0 bridgehead atoms. The van der Waals surface area contributed by atoms with Crippen LogP contribution in [0.3, 0.4) is 0 Å². The molecular formula is C27H28N2O3. The Bertz CT molecular complexity index is 1080. The molecule has 0 amide bonds. The molecule has 0 aliphatic carbocycles. The van der Waals surface area contributed by atoms with Gasteiger partial charge in [-0.3, -0.25) is 9.89 Å². The quantitative estimate of drug-likeness (QED) is 0.513. The van der Waals surface area contributed by atoms with Crippen molar-refractivity contribution in [3.8, 4) is 17.2 Å². The number of aliphatic imine (C=N–C) groups is 1. The highest BCUT2D eigenvalue weighted by atomic mass is 16.7. The van der Waals surface area contributed by atoms with Crippen LogP contribution in [0.15, 0.2) is 77.8 Å². The lowest BCUT2D eigenvalue weighted by molar-refractivity contribution is 0.174. The standard InChI is InChI=1S/C27H28N2O3/c1-30-24-9-5-8-22(17-24)27(21-6-3-2-4-7-21)29-14-12-23(13-15-29)28-18-20-10-11-25-26(16-20)32-19-31-25/h2-11,16-18,23,27H,12-15,19H2,1H3. The van der Waals surface area contributed by atoms with Gasteiger partial charge in [-0.1, -0.05) is 42.5 Å². The van der Waals surface area contributed by atoms with E-state index in [0.29, 0.717) is 12.8 Å².